The molecule has 1 unspecified atom stereocenters. The maximum atomic E-state index is 6.14. The summed E-state index contributed by atoms with van der Waals surface area (Å²) >= 11 is 12.3. The van der Waals surface area contributed by atoms with Crippen LogP contribution in [0.1, 0.15) is 18.9 Å². The third kappa shape index (κ3) is 4.15. The topological polar surface area (TPSA) is 12.0 Å². The molecule has 0 saturated carbocycles. The first-order valence-corrected chi connectivity index (χ1v) is 7.17. The third-order valence-electron chi connectivity index (χ3n) is 3.06. The zero-order chi connectivity index (χ0) is 13.7. The molecule has 0 amide bonds. The zero-order valence-electron chi connectivity index (χ0n) is 10.9. The fourth-order valence-corrected chi connectivity index (χ4v) is 2.49. The molecule has 0 aliphatic carbocycles. The first kappa shape index (κ1) is 14.2. The van der Waals surface area contributed by atoms with Crippen LogP contribution in [-0.2, 0) is 6.42 Å². The fourth-order valence-electron chi connectivity index (χ4n) is 1.98. The number of benzene rings is 2. The quantitative estimate of drug-likeness (QED) is 0.775. The summed E-state index contributed by atoms with van der Waals surface area (Å²) in [5, 5.41) is 4.72. The van der Waals surface area contributed by atoms with Crippen molar-refractivity contribution in [2.24, 2.45) is 0 Å². The van der Waals surface area contributed by atoms with Crippen molar-refractivity contribution in [1.82, 2.24) is 0 Å². The number of anilines is 1. The highest BCUT2D eigenvalue weighted by Crippen LogP contribution is 2.30. The van der Waals surface area contributed by atoms with Gasteiger partial charge >= 0.3 is 0 Å². The molecule has 0 saturated heterocycles. The zero-order valence-corrected chi connectivity index (χ0v) is 12.4. The minimum atomic E-state index is 0.317. The summed E-state index contributed by atoms with van der Waals surface area (Å²) in [5.41, 5.74) is 2.17. The predicted molar refractivity (Wildman–Crippen MR) is 84.3 cm³/mol. The Bertz CT molecular complexity index is 505. The first-order chi connectivity index (χ1) is 9.16. The van der Waals surface area contributed by atoms with Crippen LogP contribution in [0.25, 0.3) is 0 Å². The van der Waals surface area contributed by atoms with Crippen LogP contribution in [0.4, 0.5) is 5.69 Å². The van der Waals surface area contributed by atoms with Crippen LogP contribution in [0.15, 0.2) is 48.5 Å². The number of hydrogen-bond donors (Lipinski definition) is 1. The average molecular weight is 294 g/mol. The van der Waals surface area contributed by atoms with Gasteiger partial charge in [0.25, 0.3) is 0 Å². The van der Waals surface area contributed by atoms with Gasteiger partial charge in [-0.15, -0.1) is 0 Å². The van der Waals surface area contributed by atoms with Crippen molar-refractivity contribution in [3.63, 3.8) is 0 Å². The number of rotatable bonds is 5. The standard InChI is InChI=1S/C16H17Cl2N/c1-12(10-11-13-6-3-2-4-7-13)19-16-14(17)8-5-9-15(16)18/h2-9,12,19H,10-11H2,1H3. The molecular weight excluding hydrogens is 277 g/mol. The Morgan fingerprint density at radius 1 is 0.947 bits per heavy atom. The van der Waals surface area contributed by atoms with Gasteiger partial charge < -0.3 is 5.32 Å². The van der Waals surface area contributed by atoms with Crippen LogP contribution < -0.4 is 5.32 Å². The summed E-state index contributed by atoms with van der Waals surface area (Å²) in [7, 11) is 0. The van der Waals surface area contributed by atoms with E-state index in [-0.39, 0.29) is 0 Å². The normalized spacial score (nSPS) is 12.2. The molecule has 0 bridgehead atoms. The lowest BCUT2D eigenvalue weighted by molar-refractivity contribution is 0.706. The first-order valence-electron chi connectivity index (χ1n) is 6.41. The molecule has 0 aliphatic rings. The van der Waals surface area contributed by atoms with Crippen molar-refractivity contribution in [3.05, 3.63) is 64.1 Å². The van der Waals surface area contributed by atoms with Gasteiger partial charge in [-0.25, -0.2) is 0 Å². The number of nitrogens with one attached hydrogen (secondary N) is 1. The Hall–Kier alpha value is -1.18. The van der Waals surface area contributed by atoms with E-state index in [2.05, 4.69) is 36.5 Å². The Kier molecular flexibility index (Phi) is 5.12. The highest BCUT2D eigenvalue weighted by molar-refractivity contribution is 6.39. The van der Waals surface area contributed by atoms with Crippen molar-refractivity contribution in [3.8, 4) is 0 Å². The summed E-state index contributed by atoms with van der Waals surface area (Å²) < 4.78 is 0. The lowest BCUT2D eigenvalue weighted by atomic mass is 10.1. The largest absolute Gasteiger partial charge is 0.380 e. The number of para-hydroxylation sites is 1. The highest BCUT2D eigenvalue weighted by Gasteiger charge is 2.08. The van der Waals surface area contributed by atoms with E-state index in [9.17, 15) is 0 Å². The van der Waals surface area contributed by atoms with Gasteiger partial charge in [0, 0.05) is 6.04 Å². The Morgan fingerprint density at radius 3 is 2.21 bits per heavy atom. The number of halogens is 2. The lowest BCUT2D eigenvalue weighted by Gasteiger charge is -2.17. The van der Waals surface area contributed by atoms with Gasteiger partial charge in [-0.1, -0.05) is 59.6 Å². The van der Waals surface area contributed by atoms with Gasteiger partial charge in [0.05, 0.1) is 15.7 Å². The molecule has 19 heavy (non-hydrogen) atoms. The number of hydrogen-bond acceptors (Lipinski definition) is 1. The van der Waals surface area contributed by atoms with Crippen molar-refractivity contribution < 1.29 is 0 Å². The van der Waals surface area contributed by atoms with E-state index in [0.717, 1.165) is 18.5 Å². The second kappa shape index (κ2) is 6.83. The Labute approximate surface area is 124 Å². The summed E-state index contributed by atoms with van der Waals surface area (Å²) in [6.45, 7) is 2.14. The maximum absolute atomic E-state index is 6.14. The van der Waals surface area contributed by atoms with Gasteiger partial charge in [0.1, 0.15) is 0 Å². The summed E-state index contributed by atoms with van der Waals surface area (Å²) in [6, 6.07) is 16.3. The van der Waals surface area contributed by atoms with Crippen molar-refractivity contribution in [1.29, 1.82) is 0 Å². The molecule has 2 rings (SSSR count). The molecule has 0 heterocycles. The van der Waals surface area contributed by atoms with Gasteiger partial charge in [-0.2, -0.15) is 0 Å². The maximum Gasteiger partial charge on any atom is 0.0720 e. The van der Waals surface area contributed by atoms with E-state index in [4.69, 9.17) is 23.2 Å². The molecule has 0 aromatic heterocycles. The van der Waals surface area contributed by atoms with E-state index in [1.54, 1.807) is 0 Å². The molecule has 0 spiro atoms. The molecular formula is C16H17Cl2N. The summed E-state index contributed by atoms with van der Waals surface area (Å²) in [6.07, 6.45) is 2.07. The molecule has 1 N–H and O–H groups in total. The third-order valence-corrected chi connectivity index (χ3v) is 3.69. The van der Waals surface area contributed by atoms with E-state index < -0.39 is 0 Å². The van der Waals surface area contributed by atoms with Gasteiger partial charge in [0.15, 0.2) is 0 Å². The van der Waals surface area contributed by atoms with Gasteiger partial charge in [0.2, 0.25) is 0 Å². The van der Waals surface area contributed by atoms with E-state index in [0.29, 0.717) is 16.1 Å². The molecule has 0 radical (unpaired) electrons. The second-order valence-electron chi connectivity index (χ2n) is 4.67. The Morgan fingerprint density at radius 2 is 1.58 bits per heavy atom. The minimum Gasteiger partial charge on any atom is -0.380 e. The van der Waals surface area contributed by atoms with Crippen LogP contribution in [-0.4, -0.2) is 6.04 Å². The number of aryl methyl sites for hydroxylation is 1. The molecule has 100 valence electrons. The molecule has 0 aliphatic heterocycles. The summed E-state index contributed by atoms with van der Waals surface area (Å²) in [4.78, 5) is 0. The molecule has 2 aromatic rings. The molecule has 1 atom stereocenters. The second-order valence-corrected chi connectivity index (χ2v) is 5.48. The highest BCUT2D eigenvalue weighted by atomic mass is 35.5. The van der Waals surface area contributed by atoms with Crippen LogP contribution in [0.3, 0.4) is 0 Å². The smallest absolute Gasteiger partial charge is 0.0720 e. The molecule has 2 aromatic carbocycles. The molecule has 3 heteroatoms. The average Bonchev–Trinajstić information content (AvgIpc) is 2.42. The van der Waals surface area contributed by atoms with Crippen LogP contribution >= 0.6 is 23.2 Å². The van der Waals surface area contributed by atoms with E-state index in [1.807, 2.05) is 24.3 Å². The fraction of sp³-hybridized carbons (Fsp3) is 0.250. The summed E-state index contributed by atoms with van der Waals surface area (Å²) in [5.74, 6) is 0. The van der Waals surface area contributed by atoms with E-state index >= 15 is 0 Å². The predicted octanol–water partition coefficient (Wildman–Crippen LogP) is 5.43. The van der Waals surface area contributed by atoms with Crippen LogP contribution in [0.2, 0.25) is 10.0 Å². The van der Waals surface area contributed by atoms with Crippen LogP contribution in [0, 0.1) is 0 Å². The molecule has 1 nitrogen and oxygen atoms in total. The van der Waals surface area contributed by atoms with Crippen molar-refractivity contribution in [2.75, 3.05) is 5.32 Å². The van der Waals surface area contributed by atoms with Crippen molar-refractivity contribution >= 4 is 28.9 Å². The van der Waals surface area contributed by atoms with Crippen molar-refractivity contribution in [2.45, 2.75) is 25.8 Å². The minimum absolute atomic E-state index is 0.317. The van der Waals surface area contributed by atoms with E-state index in [1.165, 1.54) is 5.56 Å². The lowest BCUT2D eigenvalue weighted by Crippen LogP contribution is -2.16. The Balaban J connectivity index is 1.93. The SMILES string of the molecule is CC(CCc1ccccc1)Nc1c(Cl)cccc1Cl. The van der Waals surface area contributed by atoms with Gasteiger partial charge in [-0.05, 0) is 37.5 Å². The molecule has 0 fully saturated rings. The monoisotopic (exact) mass is 293 g/mol. The van der Waals surface area contributed by atoms with Crippen LogP contribution in [0.5, 0.6) is 0 Å². The van der Waals surface area contributed by atoms with Gasteiger partial charge in [-0.3, -0.25) is 0 Å².